The van der Waals surface area contributed by atoms with E-state index < -0.39 is 33.8 Å². The van der Waals surface area contributed by atoms with Crippen molar-refractivity contribution in [3.8, 4) is 5.75 Å². The number of benzene rings is 2. The lowest BCUT2D eigenvalue weighted by Gasteiger charge is -2.20. The molecule has 2 N–H and O–H groups in total. The van der Waals surface area contributed by atoms with Crippen LogP contribution < -0.4 is 19.7 Å². The lowest BCUT2D eigenvalue weighted by atomic mass is 10.0. The summed E-state index contributed by atoms with van der Waals surface area (Å²) < 4.78 is 35.5. The van der Waals surface area contributed by atoms with Gasteiger partial charge in [-0.05, 0) is 35.9 Å². The number of nitrogens with one attached hydrogen (secondary N) is 2. The lowest BCUT2D eigenvalue weighted by molar-refractivity contribution is -0.142. The van der Waals surface area contributed by atoms with Gasteiger partial charge in [0.2, 0.25) is 10.0 Å². The van der Waals surface area contributed by atoms with Gasteiger partial charge in [-0.15, -0.1) is 0 Å². The van der Waals surface area contributed by atoms with Crippen LogP contribution in [0.1, 0.15) is 26.3 Å². The van der Waals surface area contributed by atoms with Gasteiger partial charge in [0.05, 0.1) is 25.6 Å². The van der Waals surface area contributed by atoms with Gasteiger partial charge in [-0.2, -0.15) is 0 Å². The van der Waals surface area contributed by atoms with Crippen LogP contribution >= 0.6 is 0 Å². The van der Waals surface area contributed by atoms with Crippen molar-refractivity contribution in [2.75, 3.05) is 37.9 Å². The molecule has 2 aromatic carbocycles. The zero-order valence-corrected chi connectivity index (χ0v) is 19.3. The molecule has 0 spiro atoms. The normalized spacial score (nSPS) is 16.9. The van der Waals surface area contributed by atoms with Crippen LogP contribution in [0.25, 0.3) is 0 Å². The Hall–Kier alpha value is -3.60. The van der Waals surface area contributed by atoms with E-state index in [4.69, 9.17) is 9.47 Å². The smallest absolute Gasteiger partial charge is 0.328 e. The fourth-order valence-corrected chi connectivity index (χ4v) is 3.75. The van der Waals surface area contributed by atoms with Crippen molar-refractivity contribution < 1.29 is 32.3 Å². The summed E-state index contributed by atoms with van der Waals surface area (Å²) in [5, 5.41) is 5.31. The Morgan fingerprint density at radius 1 is 1.12 bits per heavy atom. The second-order valence-corrected chi connectivity index (χ2v) is 9.52. The number of esters is 1. The fourth-order valence-electron chi connectivity index (χ4n) is 3.26. The summed E-state index contributed by atoms with van der Waals surface area (Å²) in [6, 6.07) is 10.0. The van der Waals surface area contributed by atoms with E-state index in [-0.39, 0.29) is 36.4 Å². The van der Waals surface area contributed by atoms with Crippen LogP contribution in [0.5, 0.6) is 5.75 Å². The zero-order chi connectivity index (χ0) is 24.2. The first kappa shape index (κ1) is 24.1. The molecular weight excluding hydrogens is 450 g/mol. The van der Waals surface area contributed by atoms with Gasteiger partial charge in [0.15, 0.2) is 0 Å². The lowest BCUT2D eigenvalue weighted by Crippen LogP contribution is -2.43. The van der Waals surface area contributed by atoms with Gasteiger partial charge in [0.1, 0.15) is 18.4 Å². The van der Waals surface area contributed by atoms with Gasteiger partial charge < -0.3 is 20.1 Å². The summed E-state index contributed by atoms with van der Waals surface area (Å²) in [6.45, 7) is 0.365. The summed E-state index contributed by atoms with van der Waals surface area (Å²) in [6.07, 6.45) is 1.15. The van der Waals surface area contributed by atoms with E-state index in [2.05, 4.69) is 10.6 Å². The Bertz CT molecular complexity index is 1180. The number of carbonyl (C=O) groups excluding carboxylic acids is 3. The molecule has 33 heavy (non-hydrogen) atoms. The number of hydrogen-bond acceptors (Lipinski definition) is 7. The van der Waals surface area contributed by atoms with Crippen LogP contribution in [0.4, 0.5) is 5.69 Å². The molecular formula is C22H25N3O7S. The predicted octanol–water partition coefficient (Wildman–Crippen LogP) is 0.719. The average Bonchev–Trinajstić information content (AvgIpc) is 2.79. The number of methoxy groups -OCH3 is 1. The van der Waals surface area contributed by atoms with Gasteiger partial charge >= 0.3 is 5.97 Å². The van der Waals surface area contributed by atoms with E-state index in [1.165, 1.54) is 32.4 Å². The van der Waals surface area contributed by atoms with Gasteiger partial charge in [0.25, 0.3) is 11.8 Å². The van der Waals surface area contributed by atoms with Crippen molar-refractivity contribution >= 4 is 33.5 Å². The molecule has 3 rings (SSSR count). The Labute approximate surface area is 191 Å². The number of amides is 2. The topological polar surface area (TPSA) is 131 Å². The third kappa shape index (κ3) is 6.01. The molecule has 1 atom stereocenters. The van der Waals surface area contributed by atoms with Crippen molar-refractivity contribution in [3.63, 3.8) is 0 Å². The van der Waals surface area contributed by atoms with Crippen molar-refractivity contribution in [1.82, 2.24) is 10.6 Å². The number of carbonyl (C=O) groups is 3. The zero-order valence-electron chi connectivity index (χ0n) is 18.5. The number of anilines is 1. The van der Waals surface area contributed by atoms with E-state index in [0.29, 0.717) is 5.75 Å². The monoisotopic (exact) mass is 475 g/mol. The molecule has 1 aliphatic heterocycles. The maximum absolute atomic E-state index is 13.1. The molecule has 1 heterocycles. The van der Waals surface area contributed by atoms with Crippen LogP contribution in [-0.4, -0.2) is 65.8 Å². The summed E-state index contributed by atoms with van der Waals surface area (Å²) in [5.41, 5.74) is 0.950. The number of hydrogen-bond donors (Lipinski definition) is 2. The average molecular weight is 476 g/mol. The molecule has 10 nitrogen and oxygen atoms in total. The minimum Gasteiger partial charge on any atom is -0.492 e. The highest BCUT2D eigenvalue weighted by atomic mass is 32.2. The summed E-state index contributed by atoms with van der Waals surface area (Å²) >= 11 is 0. The van der Waals surface area contributed by atoms with Crippen molar-refractivity contribution in [2.24, 2.45) is 0 Å². The fraction of sp³-hybridized carbons (Fsp3) is 0.318. The minimum atomic E-state index is -3.66. The number of ether oxygens (including phenoxy) is 2. The van der Waals surface area contributed by atoms with Crippen LogP contribution in [0, 0.1) is 0 Å². The van der Waals surface area contributed by atoms with E-state index >= 15 is 0 Å². The number of nitrogens with zero attached hydrogens (tertiary/aromatic N) is 1. The molecule has 0 fully saturated rings. The molecule has 0 saturated carbocycles. The highest BCUT2D eigenvalue weighted by Gasteiger charge is 2.25. The minimum absolute atomic E-state index is 0.0157. The maximum Gasteiger partial charge on any atom is 0.328 e. The van der Waals surface area contributed by atoms with E-state index in [1.807, 2.05) is 0 Å². The first-order chi connectivity index (χ1) is 15.6. The second-order valence-electron chi connectivity index (χ2n) is 7.50. The van der Waals surface area contributed by atoms with Crippen LogP contribution in [0.3, 0.4) is 0 Å². The molecule has 0 aliphatic carbocycles. The summed E-state index contributed by atoms with van der Waals surface area (Å²) in [4.78, 5) is 38.1. The van der Waals surface area contributed by atoms with E-state index in [0.717, 1.165) is 16.1 Å². The molecule has 0 saturated heterocycles. The highest BCUT2D eigenvalue weighted by molar-refractivity contribution is 7.92. The molecule has 0 aromatic heterocycles. The quantitative estimate of drug-likeness (QED) is 0.626. The van der Waals surface area contributed by atoms with E-state index in [9.17, 15) is 22.8 Å². The molecule has 2 aromatic rings. The number of rotatable bonds is 3. The maximum atomic E-state index is 13.1. The van der Waals surface area contributed by atoms with Crippen molar-refractivity contribution in [2.45, 2.75) is 12.5 Å². The molecule has 176 valence electrons. The van der Waals surface area contributed by atoms with Crippen LogP contribution in [-0.2, 0) is 26.0 Å². The third-order valence-electron chi connectivity index (χ3n) is 5.09. The standard InChI is InChI=1S/C22H25N3O7S/c1-25(33(3,29)30)17-12-15-11-16(13-17)21(27)24-19(22(28)31-2)10-14-5-4-6-18(9-14)32-8-7-23-20(15)26/h4-6,9,11-13,19H,7-8,10H2,1-3H3,(H,23,26)(H,24,27)/t19-/m0/s1. The van der Waals surface area contributed by atoms with Crippen LogP contribution in [0.2, 0.25) is 0 Å². The molecule has 4 bridgehead atoms. The Morgan fingerprint density at radius 3 is 2.48 bits per heavy atom. The number of sulfonamides is 1. The Morgan fingerprint density at radius 2 is 1.82 bits per heavy atom. The predicted molar refractivity (Wildman–Crippen MR) is 121 cm³/mol. The molecule has 2 amide bonds. The number of fused-ring (bicyclic) bond motifs is 4. The molecule has 0 unspecified atom stereocenters. The van der Waals surface area contributed by atoms with Crippen molar-refractivity contribution in [3.05, 3.63) is 59.2 Å². The van der Waals surface area contributed by atoms with Crippen molar-refractivity contribution in [1.29, 1.82) is 0 Å². The van der Waals surface area contributed by atoms with Gasteiger partial charge in [-0.1, -0.05) is 12.1 Å². The summed E-state index contributed by atoms with van der Waals surface area (Å²) in [7, 11) is -1.13. The molecule has 0 radical (unpaired) electrons. The van der Waals surface area contributed by atoms with Gasteiger partial charge in [-0.3, -0.25) is 13.9 Å². The second kappa shape index (κ2) is 9.90. The van der Waals surface area contributed by atoms with Gasteiger partial charge in [-0.25, -0.2) is 13.2 Å². The van der Waals surface area contributed by atoms with E-state index in [1.54, 1.807) is 24.3 Å². The first-order valence-corrected chi connectivity index (χ1v) is 11.9. The highest BCUT2D eigenvalue weighted by Crippen LogP contribution is 2.22. The molecule has 11 heteroatoms. The van der Waals surface area contributed by atoms with Gasteiger partial charge in [0, 0.05) is 24.6 Å². The SMILES string of the molecule is COC(=O)[C@@H]1Cc2cccc(c2)OCCNC(=O)c2cc(cc(N(C)S(C)(=O)=O)c2)C(=O)N1. The Balaban J connectivity index is 2.06. The first-order valence-electron chi connectivity index (χ1n) is 10.1. The third-order valence-corrected chi connectivity index (χ3v) is 6.29. The Kier molecular flexibility index (Phi) is 7.22. The van der Waals surface area contributed by atoms with Crippen LogP contribution in [0.15, 0.2) is 42.5 Å². The summed E-state index contributed by atoms with van der Waals surface area (Å²) in [5.74, 6) is -1.28. The molecule has 1 aliphatic rings. The largest absolute Gasteiger partial charge is 0.492 e.